The zero-order valence-corrected chi connectivity index (χ0v) is 35.2. The van der Waals surface area contributed by atoms with E-state index < -0.39 is 0 Å². The van der Waals surface area contributed by atoms with Crippen LogP contribution in [0.15, 0.2) is 243 Å². The van der Waals surface area contributed by atoms with E-state index in [9.17, 15) is 0 Å². The lowest BCUT2D eigenvalue weighted by Crippen LogP contribution is -2.09. The van der Waals surface area contributed by atoms with Crippen LogP contribution in [0.1, 0.15) is 0 Å². The number of thiophene rings is 1. The molecule has 296 valence electrons. The van der Waals surface area contributed by atoms with E-state index in [0.29, 0.717) is 0 Å². The Balaban J connectivity index is 0.983. The van der Waals surface area contributed by atoms with Crippen LogP contribution in [-0.2, 0) is 0 Å². The molecule has 12 aromatic rings. The average molecular weight is 821 g/mol. The van der Waals surface area contributed by atoms with E-state index in [4.69, 9.17) is 0 Å². The number of hydrogen-bond acceptors (Lipinski definition) is 2. The standard InChI is InChI=1S/C60H40N2S/c1-4-14-41(15-5-1)43-24-31-49(32-25-43)61(50-33-26-44(27-34-50)42-16-6-2-7-17-42)51-35-28-45(29-36-51)47-38-55(60-56(39-47)54-21-11-13-23-59(54)63-60)46-30-37-53-52-20-10-12-22-57(52)62(58(53)40-46)48-18-8-3-9-19-48/h1-40H. The summed E-state index contributed by atoms with van der Waals surface area (Å²) >= 11 is 1.89. The number of fused-ring (bicyclic) bond motifs is 6. The Morgan fingerprint density at radius 1 is 0.302 bits per heavy atom. The first-order chi connectivity index (χ1) is 31.2. The molecular formula is C60H40N2S. The first kappa shape index (κ1) is 36.8. The molecule has 3 heteroatoms. The second kappa shape index (κ2) is 15.5. The summed E-state index contributed by atoms with van der Waals surface area (Å²) in [6.45, 7) is 0. The van der Waals surface area contributed by atoms with Crippen LogP contribution in [0.5, 0.6) is 0 Å². The molecule has 0 spiro atoms. The van der Waals surface area contributed by atoms with Gasteiger partial charge in [0.1, 0.15) is 0 Å². The normalized spacial score (nSPS) is 11.5. The summed E-state index contributed by atoms with van der Waals surface area (Å²) < 4.78 is 5.02. The quantitative estimate of drug-likeness (QED) is 0.148. The third-order valence-electron chi connectivity index (χ3n) is 12.4. The molecule has 0 atom stereocenters. The van der Waals surface area contributed by atoms with Crippen molar-refractivity contribution in [3.8, 4) is 50.2 Å². The molecule has 0 aliphatic carbocycles. The van der Waals surface area contributed by atoms with Gasteiger partial charge in [-0.25, -0.2) is 0 Å². The van der Waals surface area contributed by atoms with Crippen LogP contribution in [-0.4, -0.2) is 4.57 Å². The fraction of sp³-hybridized carbons (Fsp3) is 0. The number of para-hydroxylation sites is 2. The van der Waals surface area contributed by atoms with E-state index in [-0.39, 0.29) is 0 Å². The van der Waals surface area contributed by atoms with Gasteiger partial charge in [0, 0.05) is 59.3 Å². The molecule has 0 unspecified atom stereocenters. The van der Waals surface area contributed by atoms with Crippen molar-refractivity contribution in [1.29, 1.82) is 0 Å². The smallest absolute Gasteiger partial charge is 0.0547 e. The van der Waals surface area contributed by atoms with Crippen LogP contribution in [0.2, 0.25) is 0 Å². The number of rotatable bonds is 8. The van der Waals surface area contributed by atoms with Crippen LogP contribution in [0.3, 0.4) is 0 Å². The molecule has 0 fully saturated rings. The maximum Gasteiger partial charge on any atom is 0.0547 e. The van der Waals surface area contributed by atoms with E-state index in [1.54, 1.807) is 0 Å². The summed E-state index contributed by atoms with van der Waals surface area (Å²) in [5.41, 5.74) is 16.5. The largest absolute Gasteiger partial charge is 0.311 e. The molecule has 0 aliphatic heterocycles. The van der Waals surface area contributed by atoms with E-state index in [0.717, 1.165) is 22.7 Å². The second-order valence-corrected chi connectivity index (χ2v) is 17.2. The molecule has 10 aromatic carbocycles. The molecule has 0 saturated carbocycles. The molecule has 0 N–H and O–H groups in total. The predicted octanol–water partition coefficient (Wildman–Crippen LogP) is 17.3. The van der Waals surface area contributed by atoms with E-state index in [2.05, 4.69) is 252 Å². The Hall–Kier alpha value is -7.98. The average Bonchev–Trinajstić information content (AvgIpc) is 3.91. The van der Waals surface area contributed by atoms with Gasteiger partial charge in [-0.3, -0.25) is 0 Å². The molecule has 0 amide bonds. The Bertz CT molecular complexity index is 3490. The predicted molar refractivity (Wildman–Crippen MR) is 270 cm³/mol. The van der Waals surface area contributed by atoms with Gasteiger partial charge in [-0.2, -0.15) is 0 Å². The topological polar surface area (TPSA) is 8.17 Å². The Labute approximate surface area is 370 Å². The molecule has 2 nitrogen and oxygen atoms in total. The van der Waals surface area contributed by atoms with Crippen molar-refractivity contribution < 1.29 is 0 Å². The van der Waals surface area contributed by atoms with E-state index in [1.165, 1.54) is 86.5 Å². The molecule has 2 heterocycles. The number of aromatic nitrogens is 1. The highest BCUT2D eigenvalue weighted by atomic mass is 32.1. The van der Waals surface area contributed by atoms with Gasteiger partial charge in [0.2, 0.25) is 0 Å². The van der Waals surface area contributed by atoms with Crippen molar-refractivity contribution in [1.82, 2.24) is 4.57 Å². The van der Waals surface area contributed by atoms with Gasteiger partial charge in [-0.15, -0.1) is 11.3 Å². The summed E-state index contributed by atoms with van der Waals surface area (Å²) in [5, 5.41) is 5.10. The minimum Gasteiger partial charge on any atom is -0.311 e. The van der Waals surface area contributed by atoms with Crippen LogP contribution in [0, 0.1) is 0 Å². The van der Waals surface area contributed by atoms with Crippen molar-refractivity contribution in [2.45, 2.75) is 0 Å². The van der Waals surface area contributed by atoms with Crippen molar-refractivity contribution in [2.24, 2.45) is 0 Å². The summed E-state index contributed by atoms with van der Waals surface area (Å²) in [5.74, 6) is 0. The third-order valence-corrected chi connectivity index (χ3v) is 13.6. The van der Waals surface area contributed by atoms with Gasteiger partial charge in [-0.05, 0) is 118 Å². The first-order valence-corrected chi connectivity index (χ1v) is 22.3. The van der Waals surface area contributed by atoms with Crippen molar-refractivity contribution in [2.75, 3.05) is 4.90 Å². The maximum atomic E-state index is 2.41. The van der Waals surface area contributed by atoms with Crippen LogP contribution >= 0.6 is 11.3 Å². The van der Waals surface area contributed by atoms with Crippen LogP contribution in [0.4, 0.5) is 17.1 Å². The number of anilines is 3. The lowest BCUT2D eigenvalue weighted by molar-refractivity contribution is 1.18. The summed E-state index contributed by atoms with van der Waals surface area (Å²) in [4.78, 5) is 2.36. The van der Waals surface area contributed by atoms with Gasteiger partial charge in [0.15, 0.2) is 0 Å². The highest BCUT2D eigenvalue weighted by Crippen LogP contribution is 2.45. The van der Waals surface area contributed by atoms with Crippen LogP contribution in [0.25, 0.3) is 92.2 Å². The molecule has 0 bridgehead atoms. The monoisotopic (exact) mass is 820 g/mol. The number of hydrogen-bond donors (Lipinski definition) is 0. The fourth-order valence-electron chi connectivity index (χ4n) is 9.32. The zero-order chi connectivity index (χ0) is 41.7. The molecule has 63 heavy (non-hydrogen) atoms. The Kier molecular flexibility index (Phi) is 9.06. The summed E-state index contributed by atoms with van der Waals surface area (Å²) in [6.07, 6.45) is 0. The third kappa shape index (κ3) is 6.58. The maximum absolute atomic E-state index is 2.41. The Morgan fingerprint density at radius 2 is 0.762 bits per heavy atom. The van der Waals surface area contributed by atoms with Crippen molar-refractivity contribution >= 4 is 70.4 Å². The minimum absolute atomic E-state index is 1.10. The molecule has 0 radical (unpaired) electrons. The lowest BCUT2D eigenvalue weighted by atomic mass is 9.95. The molecular weight excluding hydrogens is 781 g/mol. The zero-order valence-electron chi connectivity index (χ0n) is 34.4. The lowest BCUT2D eigenvalue weighted by Gasteiger charge is -2.26. The van der Waals surface area contributed by atoms with E-state index in [1.807, 2.05) is 11.3 Å². The second-order valence-electron chi connectivity index (χ2n) is 16.1. The highest BCUT2D eigenvalue weighted by Gasteiger charge is 2.19. The van der Waals surface area contributed by atoms with E-state index >= 15 is 0 Å². The summed E-state index contributed by atoms with van der Waals surface area (Å²) in [6, 6.07) is 88.3. The minimum atomic E-state index is 1.10. The van der Waals surface area contributed by atoms with Crippen LogP contribution < -0.4 is 4.90 Å². The molecule has 0 aliphatic rings. The van der Waals surface area contributed by atoms with Crippen molar-refractivity contribution in [3.05, 3.63) is 243 Å². The molecule has 12 rings (SSSR count). The highest BCUT2D eigenvalue weighted by molar-refractivity contribution is 7.26. The van der Waals surface area contributed by atoms with Gasteiger partial charge < -0.3 is 9.47 Å². The van der Waals surface area contributed by atoms with Crippen molar-refractivity contribution in [3.63, 3.8) is 0 Å². The van der Waals surface area contributed by atoms with Gasteiger partial charge in [0.25, 0.3) is 0 Å². The first-order valence-electron chi connectivity index (χ1n) is 21.5. The summed E-state index contributed by atoms with van der Waals surface area (Å²) in [7, 11) is 0. The SMILES string of the molecule is c1ccc(-c2ccc(N(c3ccc(-c4ccccc4)cc3)c3ccc(-c4cc(-c5ccc6c7ccccc7n(-c7ccccc7)c6c5)c5sc6ccccc6c5c4)cc3)cc2)cc1. The molecule has 0 saturated heterocycles. The number of nitrogens with zero attached hydrogens (tertiary/aromatic N) is 2. The van der Waals surface area contributed by atoms with Gasteiger partial charge in [0.05, 0.1) is 11.0 Å². The van der Waals surface area contributed by atoms with Gasteiger partial charge >= 0.3 is 0 Å². The fourth-order valence-corrected chi connectivity index (χ4v) is 10.5. The van der Waals surface area contributed by atoms with Gasteiger partial charge in [-0.1, -0.05) is 164 Å². The number of benzene rings is 10. The Morgan fingerprint density at radius 3 is 1.37 bits per heavy atom. The molecule has 2 aromatic heterocycles.